The van der Waals surface area contributed by atoms with Gasteiger partial charge in [0.25, 0.3) is 5.91 Å². The number of ether oxygens (including phenoxy) is 2. The zero-order valence-corrected chi connectivity index (χ0v) is 13.0. The fourth-order valence-corrected chi connectivity index (χ4v) is 1.46. The third kappa shape index (κ3) is 5.67. The SMILES string of the molecule is CNC(=O)NC(=O)[C@@H](C)OC(=O)[C@@H](C)Oc1ccc(C#N)cc1. The number of benzene rings is 1. The van der Waals surface area contributed by atoms with E-state index in [9.17, 15) is 14.4 Å². The molecular weight excluding hydrogens is 302 g/mol. The highest BCUT2D eigenvalue weighted by Gasteiger charge is 2.24. The molecule has 0 spiro atoms. The number of nitriles is 1. The number of rotatable bonds is 5. The van der Waals surface area contributed by atoms with Gasteiger partial charge in [0.15, 0.2) is 12.2 Å². The molecule has 0 bridgehead atoms. The molecule has 0 unspecified atom stereocenters. The smallest absolute Gasteiger partial charge is 0.347 e. The minimum Gasteiger partial charge on any atom is -0.479 e. The molecule has 0 aromatic heterocycles. The van der Waals surface area contributed by atoms with Crippen LogP contribution in [0, 0.1) is 11.3 Å². The minimum atomic E-state index is -1.15. The lowest BCUT2D eigenvalue weighted by molar-refractivity contribution is -0.160. The Morgan fingerprint density at radius 3 is 2.26 bits per heavy atom. The van der Waals surface area contributed by atoms with E-state index < -0.39 is 30.1 Å². The maximum Gasteiger partial charge on any atom is 0.347 e. The van der Waals surface area contributed by atoms with Gasteiger partial charge in [-0.1, -0.05) is 0 Å². The van der Waals surface area contributed by atoms with Gasteiger partial charge in [-0.3, -0.25) is 10.1 Å². The van der Waals surface area contributed by atoms with Crippen molar-refractivity contribution in [1.82, 2.24) is 10.6 Å². The number of carbonyl (C=O) groups is 3. The summed E-state index contributed by atoms with van der Waals surface area (Å²) >= 11 is 0. The molecule has 0 aliphatic rings. The summed E-state index contributed by atoms with van der Waals surface area (Å²) in [6.45, 7) is 2.80. The van der Waals surface area contributed by atoms with E-state index >= 15 is 0 Å². The summed E-state index contributed by atoms with van der Waals surface area (Å²) in [6.07, 6.45) is -2.11. The summed E-state index contributed by atoms with van der Waals surface area (Å²) in [6, 6.07) is 7.46. The van der Waals surface area contributed by atoms with Crippen LogP contribution in [0.2, 0.25) is 0 Å². The van der Waals surface area contributed by atoms with Gasteiger partial charge in [0.1, 0.15) is 5.75 Å². The molecule has 0 heterocycles. The monoisotopic (exact) mass is 319 g/mol. The van der Waals surface area contributed by atoms with Gasteiger partial charge >= 0.3 is 12.0 Å². The Kier molecular flexibility index (Phi) is 6.55. The molecule has 3 amide bonds. The van der Waals surface area contributed by atoms with Crippen molar-refractivity contribution in [2.75, 3.05) is 7.05 Å². The molecule has 122 valence electrons. The number of hydrogen-bond donors (Lipinski definition) is 2. The molecule has 8 nitrogen and oxygen atoms in total. The zero-order valence-electron chi connectivity index (χ0n) is 13.0. The van der Waals surface area contributed by atoms with Gasteiger partial charge in [-0.2, -0.15) is 5.26 Å². The Bertz CT molecular complexity index is 621. The normalized spacial score (nSPS) is 12.3. The first kappa shape index (κ1) is 18.0. The van der Waals surface area contributed by atoms with Crippen LogP contribution in [0.4, 0.5) is 4.79 Å². The molecule has 23 heavy (non-hydrogen) atoms. The van der Waals surface area contributed by atoms with Crippen molar-refractivity contribution in [3.8, 4) is 11.8 Å². The first-order valence-electron chi connectivity index (χ1n) is 6.77. The molecule has 1 rings (SSSR count). The molecule has 2 atom stereocenters. The Labute approximate surface area is 133 Å². The largest absolute Gasteiger partial charge is 0.479 e. The molecule has 0 fully saturated rings. The van der Waals surface area contributed by atoms with Gasteiger partial charge in [0.2, 0.25) is 0 Å². The highest BCUT2D eigenvalue weighted by Crippen LogP contribution is 2.14. The summed E-state index contributed by atoms with van der Waals surface area (Å²) in [5.74, 6) is -1.12. The molecule has 0 aliphatic heterocycles. The van der Waals surface area contributed by atoms with E-state index in [0.717, 1.165) is 0 Å². The lowest BCUT2D eigenvalue weighted by Crippen LogP contribution is -2.44. The van der Waals surface area contributed by atoms with Gasteiger partial charge in [-0.15, -0.1) is 0 Å². The van der Waals surface area contributed by atoms with Crippen LogP contribution in [0.15, 0.2) is 24.3 Å². The maximum absolute atomic E-state index is 11.9. The van der Waals surface area contributed by atoms with Crippen LogP contribution in [0.25, 0.3) is 0 Å². The van der Waals surface area contributed by atoms with Crippen LogP contribution in [0.5, 0.6) is 5.75 Å². The van der Waals surface area contributed by atoms with E-state index in [-0.39, 0.29) is 0 Å². The minimum absolute atomic E-state index is 0.385. The van der Waals surface area contributed by atoms with E-state index in [0.29, 0.717) is 11.3 Å². The van der Waals surface area contributed by atoms with Gasteiger partial charge < -0.3 is 14.8 Å². The van der Waals surface area contributed by atoms with Crippen LogP contribution in [0.1, 0.15) is 19.4 Å². The molecule has 1 aromatic carbocycles. The summed E-state index contributed by atoms with van der Waals surface area (Å²) in [7, 11) is 1.35. The Balaban J connectivity index is 2.54. The quantitative estimate of drug-likeness (QED) is 0.772. The number of nitrogens with zero attached hydrogens (tertiary/aromatic N) is 1. The Hall–Kier alpha value is -3.08. The number of urea groups is 1. The second-order valence-corrected chi connectivity index (χ2v) is 4.54. The molecule has 8 heteroatoms. The summed E-state index contributed by atoms with van der Waals surface area (Å²) in [4.78, 5) is 34.4. The lowest BCUT2D eigenvalue weighted by atomic mass is 10.2. The van der Waals surface area contributed by atoms with Gasteiger partial charge in [-0.05, 0) is 38.1 Å². The van der Waals surface area contributed by atoms with Crippen molar-refractivity contribution in [2.45, 2.75) is 26.1 Å². The average Bonchev–Trinajstić information content (AvgIpc) is 2.55. The van der Waals surface area contributed by atoms with Crippen molar-refractivity contribution in [3.63, 3.8) is 0 Å². The highest BCUT2D eigenvalue weighted by molar-refractivity contribution is 5.97. The van der Waals surface area contributed by atoms with Crippen molar-refractivity contribution in [1.29, 1.82) is 5.26 Å². The van der Waals surface area contributed by atoms with E-state index in [2.05, 4.69) is 5.32 Å². The van der Waals surface area contributed by atoms with Crippen LogP contribution >= 0.6 is 0 Å². The van der Waals surface area contributed by atoms with Gasteiger partial charge in [0.05, 0.1) is 11.6 Å². The van der Waals surface area contributed by atoms with Crippen LogP contribution < -0.4 is 15.4 Å². The fourth-order valence-electron chi connectivity index (χ4n) is 1.46. The van der Waals surface area contributed by atoms with E-state index in [1.807, 2.05) is 11.4 Å². The van der Waals surface area contributed by atoms with Crippen molar-refractivity contribution in [2.24, 2.45) is 0 Å². The van der Waals surface area contributed by atoms with Crippen molar-refractivity contribution in [3.05, 3.63) is 29.8 Å². The number of nitrogens with one attached hydrogen (secondary N) is 2. The number of carbonyl (C=O) groups excluding carboxylic acids is 3. The third-order valence-corrected chi connectivity index (χ3v) is 2.75. The van der Waals surface area contributed by atoms with E-state index in [1.165, 1.54) is 20.9 Å². The fraction of sp³-hybridized carbons (Fsp3) is 0.333. The number of amides is 3. The van der Waals surface area contributed by atoms with E-state index in [4.69, 9.17) is 14.7 Å². The molecule has 0 saturated carbocycles. The number of hydrogen-bond acceptors (Lipinski definition) is 6. The summed E-state index contributed by atoms with van der Waals surface area (Å²) in [5.41, 5.74) is 0.465. The number of imide groups is 1. The second kappa shape index (κ2) is 8.38. The predicted molar refractivity (Wildman–Crippen MR) is 79.4 cm³/mol. The standard InChI is InChI=1S/C15H17N3O5/c1-9(13(19)18-15(21)17-3)23-14(20)10(2)22-12-6-4-11(8-16)5-7-12/h4-7,9-10H,1-3H3,(H2,17,18,19,21)/t9-,10-/m1/s1. The predicted octanol–water partition coefficient (Wildman–Crippen LogP) is 0.713. The first-order chi connectivity index (χ1) is 10.9. The Morgan fingerprint density at radius 1 is 1.13 bits per heavy atom. The van der Waals surface area contributed by atoms with E-state index in [1.54, 1.807) is 24.3 Å². The van der Waals surface area contributed by atoms with Crippen LogP contribution in [-0.2, 0) is 14.3 Å². The zero-order chi connectivity index (χ0) is 17.4. The van der Waals surface area contributed by atoms with Crippen molar-refractivity contribution >= 4 is 17.9 Å². The first-order valence-corrected chi connectivity index (χ1v) is 6.77. The maximum atomic E-state index is 11.9. The van der Waals surface area contributed by atoms with Crippen LogP contribution in [0.3, 0.4) is 0 Å². The van der Waals surface area contributed by atoms with Gasteiger partial charge in [0, 0.05) is 7.05 Å². The lowest BCUT2D eigenvalue weighted by Gasteiger charge is -2.17. The Morgan fingerprint density at radius 2 is 1.74 bits per heavy atom. The molecular formula is C15H17N3O5. The molecule has 2 N–H and O–H groups in total. The highest BCUT2D eigenvalue weighted by atomic mass is 16.6. The third-order valence-electron chi connectivity index (χ3n) is 2.75. The average molecular weight is 319 g/mol. The molecule has 0 saturated heterocycles. The topological polar surface area (TPSA) is 118 Å². The molecule has 0 aliphatic carbocycles. The van der Waals surface area contributed by atoms with Gasteiger partial charge in [-0.25, -0.2) is 9.59 Å². The van der Waals surface area contributed by atoms with Crippen LogP contribution in [-0.4, -0.2) is 37.2 Å². The molecule has 1 aromatic rings. The second-order valence-electron chi connectivity index (χ2n) is 4.54. The summed E-state index contributed by atoms with van der Waals surface area (Å²) < 4.78 is 10.3. The number of esters is 1. The summed E-state index contributed by atoms with van der Waals surface area (Å²) in [5, 5.41) is 12.9. The molecule has 0 radical (unpaired) electrons. The van der Waals surface area contributed by atoms with Crippen molar-refractivity contribution < 1.29 is 23.9 Å².